The van der Waals surface area contributed by atoms with Gasteiger partial charge in [-0.3, -0.25) is 4.90 Å². The molecule has 2 aromatic carbocycles. The van der Waals surface area contributed by atoms with E-state index in [4.69, 9.17) is 28.9 Å². The van der Waals surface area contributed by atoms with Gasteiger partial charge < -0.3 is 5.73 Å². The van der Waals surface area contributed by atoms with E-state index < -0.39 is 0 Å². The summed E-state index contributed by atoms with van der Waals surface area (Å²) in [5, 5.41) is 1.22. The van der Waals surface area contributed by atoms with Gasteiger partial charge in [0.05, 0.1) is 10.0 Å². The molecule has 21 heavy (non-hydrogen) atoms. The average molecular weight is 323 g/mol. The van der Waals surface area contributed by atoms with Crippen LogP contribution in [0.4, 0.5) is 5.69 Å². The highest BCUT2D eigenvalue weighted by molar-refractivity contribution is 6.42. The van der Waals surface area contributed by atoms with Gasteiger partial charge in [-0.15, -0.1) is 0 Å². The van der Waals surface area contributed by atoms with Crippen molar-refractivity contribution in [2.75, 3.05) is 5.73 Å². The van der Waals surface area contributed by atoms with Crippen LogP contribution in [-0.4, -0.2) is 10.9 Å². The number of nitrogens with two attached hydrogens (primary N) is 1. The second kappa shape index (κ2) is 7.17. The first-order chi connectivity index (χ1) is 9.99. The van der Waals surface area contributed by atoms with E-state index in [9.17, 15) is 0 Å². The lowest BCUT2D eigenvalue weighted by molar-refractivity contribution is 0.204. The van der Waals surface area contributed by atoms with E-state index in [1.807, 2.05) is 36.4 Å². The van der Waals surface area contributed by atoms with E-state index in [0.717, 1.165) is 29.9 Å². The predicted molar refractivity (Wildman–Crippen MR) is 91.7 cm³/mol. The first kappa shape index (κ1) is 16.2. The van der Waals surface area contributed by atoms with E-state index in [1.54, 1.807) is 0 Å². The Bertz CT molecular complexity index is 611. The van der Waals surface area contributed by atoms with Gasteiger partial charge >= 0.3 is 0 Å². The van der Waals surface area contributed by atoms with Gasteiger partial charge in [0.25, 0.3) is 0 Å². The average Bonchev–Trinajstić information content (AvgIpc) is 2.45. The molecule has 0 aliphatic carbocycles. The molecular weight excluding hydrogens is 303 g/mol. The van der Waals surface area contributed by atoms with Crippen LogP contribution in [0.5, 0.6) is 0 Å². The summed E-state index contributed by atoms with van der Waals surface area (Å²) in [6, 6.07) is 14.1. The van der Waals surface area contributed by atoms with Gasteiger partial charge in [0.15, 0.2) is 0 Å². The molecule has 112 valence electrons. The molecule has 0 aromatic heterocycles. The maximum absolute atomic E-state index is 6.29. The molecule has 2 rings (SSSR count). The number of halogens is 2. The standard InChI is InChI=1S/C17H20Cl2N2/c1-12(2)21(10-13-6-3-4-9-16(13)20)11-14-7-5-8-15(18)17(14)19/h3-9,12H,10-11,20H2,1-2H3. The highest BCUT2D eigenvalue weighted by atomic mass is 35.5. The predicted octanol–water partition coefficient (Wildman–Crippen LogP) is 4.99. The third-order valence-electron chi connectivity index (χ3n) is 3.56. The van der Waals surface area contributed by atoms with Crippen LogP contribution in [0.3, 0.4) is 0 Å². The molecule has 2 N–H and O–H groups in total. The monoisotopic (exact) mass is 322 g/mol. The quantitative estimate of drug-likeness (QED) is 0.786. The lowest BCUT2D eigenvalue weighted by Crippen LogP contribution is -2.30. The van der Waals surface area contributed by atoms with Crippen molar-refractivity contribution in [2.24, 2.45) is 0 Å². The number of rotatable bonds is 5. The number of benzene rings is 2. The van der Waals surface area contributed by atoms with Gasteiger partial charge in [-0.05, 0) is 37.1 Å². The molecule has 0 amide bonds. The zero-order valence-corrected chi connectivity index (χ0v) is 13.8. The Balaban J connectivity index is 2.20. The van der Waals surface area contributed by atoms with Crippen LogP contribution in [0.25, 0.3) is 0 Å². The van der Waals surface area contributed by atoms with E-state index in [1.165, 1.54) is 0 Å². The topological polar surface area (TPSA) is 29.3 Å². The Hall–Kier alpha value is -1.22. The number of hydrogen-bond donors (Lipinski definition) is 1. The minimum atomic E-state index is 0.375. The zero-order chi connectivity index (χ0) is 15.4. The Labute approximate surface area is 136 Å². The van der Waals surface area contributed by atoms with Crippen molar-refractivity contribution in [3.8, 4) is 0 Å². The van der Waals surface area contributed by atoms with Crippen LogP contribution < -0.4 is 5.73 Å². The van der Waals surface area contributed by atoms with Crippen molar-refractivity contribution in [1.29, 1.82) is 0 Å². The maximum Gasteiger partial charge on any atom is 0.0637 e. The molecule has 4 heteroatoms. The Morgan fingerprint density at radius 2 is 1.57 bits per heavy atom. The molecule has 0 aliphatic heterocycles. The van der Waals surface area contributed by atoms with Gasteiger partial charge in [-0.2, -0.15) is 0 Å². The molecule has 0 saturated heterocycles. The summed E-state index contributed by atoms with van der Waals surface area (Å²) in [7, 11) is 0. The van der Waals surface area contributed by atoms with Gasteiger partial charge in [0, 0.05) is 24.8 Å². The smallest absolute Gasteiger partial charge is 0.0637 e. The van der Waals surface area contributed by atoms with Crippen molar-refractivity contribution in [3.63, 3.8) is 0 Å². The fourth-order valence-corrected chi connectivity index (χ4v) is 2.59. The van der Waals surface area contributed by atoms with Crippen LogP contribution in [0.1, 0.15) is 25.0 Å². The highest BCUT2D eigenvalue weighted by Crippen LogP contribution is 2.27. The van der Waals surface area contributed by atoms with Crippen LogP contribution in [0, 0.1) is 0 Å². The molecule has 0 atom stereocenters. The van der Waals surface area contributed by atoms with Crippen molar-refractivity contribution in [3.05, 3.63) is 63.6 Å². The molecule has 0 bridgehead atoms. The Morgan fingerprint density at radius 3 is 2.24 bits per heavy atom. The van der Waals surface area contributed by atoms with E-state index in [0.29, 0.717) is 16.1 Å². The molecule has 0 aliphatic rings. The van der Waals surface area contributed by atoms with E-state index in [2.05, 4.69) is 24.8 Å². The van der Waals surface area contributed by atoms with Gasteiger partial charge in [0.2, 0.25) is 0 Å². The summed E-state index contributed by atoms with van der Waals surface area (Å²) in [4.78, 5) is 2.32. The van der Waals surface area contributed by atoms with Crippen LogP contribution in [0.2, 0.25) is 10.0 Å². The molecule has 0 fully saturated rings. The summed E-state index contributed by atoms with van der Waals surface area (Å²) in [6.45, 7) is 5.85. The molecule has 2 aromatic rings. The summed E-state index contributed by atoms with van der Waals surface area (Å²) in [5.41, 5.74) is 9.03. The lowest BCUT2D eigenvalue weighted by Gasteiger charge is -2.27. The van der Waals surface area contributed by atoms with Gasteiger partial charge in [0.1, 0.15) is 0 Å². The molecule has 0 spiro atoms. The third kappa shape index (κ3) is 4.13. The molecule has 0 heterocycles. The number of anilines is 1. The minimum Gasteiger partial charge on any atom is -0.398 e. The second-order valence-electron chi connectivity index (χ2n) is 5.41. The second-order valence-corrected chi connectivity index (χ2v) is 6.20. The zero-order valence-electron chi connectivity index (χ0n) is 12.3. The summed E-state index contributed by atoms with van der Waals surface area (Å²) < 4.78 is 0. The van der Waals surface area contributed by atoms with Gasteiger partial charge in [-0.1, -0.05) is 53.5 Å². The Kier molecular flexibility index (Phi) is 5.51. The summed E-state index contributed by atoms with van der Waals surface area (Å²) in [6.07, 6.45) is 0. The first-order valence-electron chi connectivity index (χ1n) is 6.99. The normalized spacial score (nSPS) is 11.3. The largest absolute Gasteiger partial charge is 0.398 e. The summed E-state index contributed by atoms with van der Waals surface area (Å²) in [5.74, 6) is 0. The van der Waals surface area contributed by atoms with Crippen LogP contribution in [-0.2, 0) is 13.1 Å². The highest BCUT2D eigenvalue weighted by Gasteiger charge is 2.14. The molecule has 0 saturated carbocycles. The SMILES string of the molecule is CC(C)N(Cc1ccccc1N)Cc1cccc(Cl)c1Cl. The van der Waals surface area contributed by atoms with Crippen molar-refractivity contribution >= 4 is 28.9 Å². The fourth-order valence-electron chi connectivity index (χ4n) is 2.21. The van der Waals surface area contributed by atoms with Crippen LogP contribution in [0.15, 0.2) is 42.5 Å². The number of hydrogen-bond acceptors (Lipinski definition) is 2. The van der Waals surface area contributed by atoms with Crippen LogP contribution >= 0.6 is 23.2 Å². The molecule has 0 unspecified atom stereocenters. The van der Waals surface area contributed by atoms with Crippen molar-refractivity contribution in [1.82, 2.24) is 4.90 Å². The number of para-hydroxylation sites is 1. The minimum absolute atomic E-state index is 0.375. The van der Waals surface area contributed by atoms with Crippen molar-refractivity contribution < 1.29 is 0 Å². The van der Waals surface area contributed by atoms with Crippen molar-refractivity contribution in [2.45, 2.75) is 33.0 Å². The first-order valence-corrected chi connectivity index (χ1v) is 7.75. The third-order valence-corrected chi connectivity index (χ3v) is 4.42. The summed E-state index contributed by atoms with van der Waals surface area (Å²) >= 11 is 12.4. The number of nitrogen functional groups attached to an aromatic ring is 1. The lowest BCUT2D eigenvalue weighted by atomic mass is 10.1. The van der Waals surface area contributed by atoms with E-state index in [-0.39, 0.29) is 0 Å². The number of nitrogens with zero attached hydrogens (tertiary/aromatic N) is 1. The van der Waals surface area contributed by atoms with E-state index >= 15 is 0 Å². The fraction of sp³-hybridized carbons (Fsp3) is 0.294. The Morgan fingerprint density at radius 1 is 0.952 bits per heavy atom. The molecule has 2 nitrogen and oxygen atoms in total. The maximum atomic E-state index is 6.29. The molecule has 0 radical (unpaired) electrons. The van der Waals surface area contributed by atoms with Gasteiger partial charge in [-0.25, -0.2) is 0 Å². The molecular formula is C17H20Cl2N2.